The number of carboxylic acids is 1. The Hall–Kier alpha value is -0.870. The number of carbonyl (C=O) groups is 1. The molecule has 1 unspecified atom stereocenters. The molecule has 1 aliphatic heterocycles. The second-order valence-corrected chi connectivity index (χ2v) is 5.09. The molecule has 0 amide bonds. The first-order valence-corrected chi connectivity index (χ1v) is 5.49. The van der Waals surface area contributed by atoms with Gasteiger partial charge >= 0.3 is 5.97 Å². The topological polar surface area (TPSA) is 66.8 Å². The summed E-state index contributed by atoms with van der Waals surface area (Å²) in [5.74, 6) is -1.00. The molecular weight excluding hydrogens is 208 g/mol. The van der Waals surface area contributed by atoms with Crippen molar-refractivity contribution in [2.24, 2.45) is 5.41 Å². The van der Waals surface area contributed by atoms with Crippen LogP contribution in [-0.2, 0) is 9.53 Å². The van der Waals surface area contributed by atoms with Gasteiger partial charge < -0.3 is 14.9 Å². The third-order valence-electron chi connectivity index (χ3n) is 3.57. The Morgan fingerprint density at radius 3 is 2.56 bits per heavy atom. The van der Waals surface area contributed by atoms with Crippen LogP contribution in [0.25, 0.3) is 0 Å². The maximum Gasteiger partial charge on any atom is 0.331 e. The number of rotatable bonds is 3. The number of aliphatic hydroxyl groups is 1. The summed E-state index contributed by atoms with van der Waals surface area (Å²) in [7, 11) is 0. The van der Waals surface area contributed by atoms with Gasteiger partial charge in [-0.15, -0.1) is 0 Å². The van der Waals surface area contributed by atoms with E-state index in [4.69, 9.17) is 9.84 Å². The van der Waals surface area contributed by atoms with Crippen LogP contribution in [0.3, 0.4) is 0 Å². The predicted molar refractivity (Wildman–Crippen MR) is 60.1 cm³/mol. The Labute approximate surface area is 95.9 Å². The molecule has 1 aliphatic rings. The normalized spacial score (nSPS) is 33.4. The highest BCUT2D eigenvalue weighted by atomic mass is 16.5. The molecule has 1 saturated heterocycles. The Bertz CT molecular complexity index is 281. The van der Waals surface area contributed by atoms with E-state index in [1.54, 1.807) is 0 Å². The minimum absolute atomic E-state index is 0.0946. The van der Waals surface area contributed by atoms with Gasteiger partial charge in [-0.25, -0.2) is 4.79 Å². The van der Waals surface area contributed by atoms with Gasteiger partial charge in [-0.3, -0.25) is 0 Å². The van der Waals surface area contributed by atoms with Crippen molar-refractivity contribution in [3.05, 3.63) is 12.2 Å². The number of hydrogen-bond donors (Lipinski definition) is 2. The third-order valence-corrected chi connectivity index (χ3v) is 3.57. The standard InChI is InChI=1S/C12H20O4/c1-7(11(14)15)5-9-6-10(13)12(3,4)8(2)16-9/h8-10,13H,1,5-6H2,2-4H3,(H,14,15)/t8?,9-,10+/m1/s1. The molecule has 0 spiro atoms. The van der Waals surface area contributed by atoms with Crippen molar-refractivity contribution in [1.82, 2.24) is 0 Å². The van der Waals surface area contributed by atoms with E-state index in [9.17, 15) is 9.90 Å². The fourth-order valence-electron chi connectivity index (χ4n) is 1.84. The monoisotopic (exact) mass is 228 g/mol. The number of aliphatic hydroxyl groups excluding tert-OH is 1. The van der Waals surface area contributed by atoms with Gasteiger partial charge in [0.2, 0.25) is 0 Å². The number of aliphatic carboxylic acids is 1. The molecule has 0 aromatic heterocycles. The predicted octanol–water partition coefficient (Wildman–Crippen LogP) is 1.58. The molecule has 0 aliphatic carbocycles. The molecule has 4 heteroatoms. The Balaban J connectivity index is 2.61. The van der Waals surface area contributed by atoms with Crippen molar-refractivity contribution in [3.8, 4) is 0 Å². The van der Waals surface area contributed by atoms with E-state index in [0.29, 0.717) is 6.42 Å². The Morgan fingerprint density at radius 1 is 1.56 bits per heavy atom. The van der Waals surface area contributed by atoms with Crippen molar-refractivity contribution < 1.29 is 19.7 Å². The zero-order valence-corrected chi connectivity index (χ0v) is 10.1. The zero-order chi connectivity index (χ0) is 12.5. The quantitative estimate of drug-likeness (QED) is 0.720. The third kappa shape index (κ3) is 2.62. The lowest BCUT2D eigenvalue weighted by molar-refractivity contribution is -0.166. The summed E-state index contributed by atoms with van der Waals surface area (Å²) in [6, 6.07) is 0. The first-order chi connectivity index (χ1) is 7.25. The molecule has 16 heavy (non-hydrogen) atoms. The Kier molecular flexibility index (Phi) is 3.76. The van der Waals surface area contributed by atoms with Gasteiger partial charge in [0, 0.05) is 23.8 Å². The van der Waals surface area contributed by atoms with Gasteiger partial charge in [0.25, 0.3) is 0 Å². The Morgan fingerprint density at radius 2 is 2.12 bits per heavy atom. The first-order valence-electron chi connectivity index (χ1n) is 5.49. The van der Waals surface area contributed by atoms with Crippen LogP contribution in [0.4, 0.5) is 0 Å². The average molecular weight is 228 g/mol. The summed E-state index contributed by atoms with van der Waals surface area (Å²) in [4.78, 5) is 10.6. The van der Waals surface area contributed by atoms with E-state index in [1.807, 2.05) is 20.8 Å². The van der Waals surface area contributed by atoms with Gasteiger partial charge in [-0.2, -0.15) is 0 Å². The van der Waals surface area contributed by atoms with Crippen LogP contribution in [0.1, 0.15) is 33.6 Å². The molecule has 0 radical (unpaired) electrons. The van der Waals surface area contributed by atoms with E-state index in [-0.39, 0.29) is 29.6 Å². The molecule has 3 atom stereocenters. The summed E-state index contributed by atoms with van der Waals surface area (Å²) in [5, 5.41) is 18.7. The van der Waals surface area contributed by atoms with E-state index in [0.717, 1.165) is 0 Å². The van der Waals surface area contributed by atoms with Gasteiger partial charge in [0.05, 0.1) is 18.3 Å². The maximum absolute atomic E-state index is 10.6. The average Bonchev–Trinajstić information content (AvgIpc) is 2.14. The fraction of sp³-hybridized carbons (Fsp3) is 0.750. The van der Waals surface area contributed by atoms with E-state index in [2.05, 4.69) is 6.58 Å². The van der Waals surface area contributed by atoms with Crippen molar-refractivity contribution in [3.63, 3.8) is 0 Å². The van der Waals surface area contributed by atoms with Crippen molar-refractivity contribution in [2.45, 2.75) is 51.9 Å². The van der Waals surface area contributed by atoms with Crippen LogP contribution in [0.2, 0.25) is 0 Å². The summed E-state index contributed by atoms with van der Waals surface area (Å²) in [6.07, 6.45) is -0.0801. The lowest BCUT2D eigenvalue weighted by atomic mass is 9.76. The van der Waals surface area contributed by atoms with Crippen LogP contribution in [-0.4, -0.2) is 34.5 Å². The molecule has 2 N–H and O–H groups in total. The molecule has 1 rings (SSSR count). The van der Waals surface area contributed by atoms with Crippen LogP contribution in [0.15, 0.2) is 12.2 Å². The molecule has 4 nitrogen and oxygen atoms in total. The lowest BCUT2D eigenvalue weighted by Crippen LogP contribution is -2.49. The van der Waals surface area contributed by atoms with E-state index >= 15 is 0 Å². The SMILES string of the molecule is C=C(C[C@@H]1C[C@H](O)C(C)(C)C(C)O1)C(=O)O. The number of hydrogen-bond acceptors (Lipinski definition) is 3. The fourth-order valence-corrected chi connectivity index (χ4v) is 1.84. The van der Waals surface area contributed by atoms with Gasteiger partial charge in [0.1, 0.15) is 0 Å². The van der Waals surface area contributed by atoms with Crippen molar-refractivity contribution in [2.75, 3.05) is 0 Å². The number of carboxylic acid groups (broad SMARTS) is 1. The van der Waals surface area contributed by atoms with Crippen molar-refractivity contribution >= 4 is 5.97 Å². The summed E-state index contributed by atoms with van der Waals surface area (Å²) >= 11 is 0. The summed E-state index contributed by atoms with van der Waals surface area (Å²) in [6.45, 7) is 9.27. The highest BCUT2D eigenvalue weighted by molar-refractivity contribution is 5.85. The zero-order valence-electron chi connectivity index (χ0n) is 10.1. The summed E-state index contributed by atoms with van der Waals surface area (Å²) < 4.78 is 5.71. The molecule has 0 saturated carbocycles. The smallest absolute Gasteiger partial charge is 0.331 e. The van der Waals surface area contributed by atoms with E-state index in [1.165, 1.54) is 0 Å². The molecule has 1 heterocycles. The molecule has 0 aromatic carbocycles. The molecule has 0 bridgehead atoms. The molecule has 0 aromatic rings. The maximum atomic E-state index is 10.6. The van der Waals surface area contributed by atoms with Crippen LogP contribution < -0.4 is 0 Å². The highest BCUT2D eigenvalue weighted by Gasteiger charge is 2.41. The summed E-state index contributed by atoms with van der Waals surface area (Å²) in [5.41, 5.74) is -0.162. The van der Waals surface area contributed by atoms with Crippen molar-refractivity contribution in [1.29, 1.82) is 0 Å². The first kappa shape index (κ1) is 13.2. The van der Waals surface area contributed by atoms with Gasteiger partial charge in [-0.05, 0) is 6.92 Å². The van der Waals surface area contributed by atoms with Crippen LogP contribution >= 0.6 is 0 Å². The molecular formula is C12H20O4. The second kappa shape index (κ2) is 4.55. The van der Waals surface area contributed by atoms with E-state index < -0.39 is 12.1 Å². The largest absolute Gasteiger partial charge is 0.478 e. The lowest BCUT2D eigenvalue weighted by Gasteiger charge is -2.44. The molecule has 1 fully saturated rings. The van der Waals surface area contributed by atoms with Crippen LogP contribution in [0.5, 0.6) is 0 Å². The minimum Gasteiger partial charge on any atom is -0.478 e. The van der Waals surface area contributed by atoms with Gasteiger partial charge in [-0.1, -0.05) is 20.4 Å². The number of ether oxygens (including phenoxy) is 1. The molecule has 92 valence electrons. The second-order valence-electron chi connectivity index (χ2n) is 5.09. The highest BCUT2D eigenvalue weighted by Crippen LogP contribution is 2.37. The van der Waals surface area contributed by atoms with Gasteiger partial charge in [0.15, 0.2) is 0 Å². The van der Waals surface area contributed by atoms with Crippen LogP contribution in [0, 0.1) is 5.41 Å². The minimum atomic E-state index is -1.00.